The normalized spacial score (nSPS) is 9.12. The summed E-state index contributed by atoms with van der Waals surface area (Å²) >= 11 is 0. The molecule has 0 fully saturated rings. The molecule has 1 heteroatoms. The van der Waals surface area contributed by atoms with Crippen LogP contribution in [-0.2, 0) is 0 Å². The first-order chi connectivity index (χ1) is 3.84. The van der Waals surface area contributed by atoms with Crippen LogP contribution >= 0.6 is 0 Å². The van der Waals surface area contributed by atoms with Crippen molar-refractivity contribution in [2.45, 2.75) is 6.92 Å². The van der Waals surface area contributed by atoms with Crippen molar-refractivity contribution < 1.29 is 4.42 Å². The summed E-state index contributed by atoms with van der Waals surface area (Å²) in [4.78, 5) is 0. The average Bonchev–Trinajstić information content (AvgIpc) is 2.14. The van der Waals surface area contributed by atoms with Crippen molar-refractivity contribution in [3.63, 3.8) is 0 Å². The zero-order valence-electron chi connectivity index (χ0n) is 4.85. The molecule has 0 aliphatic heterocycles. The minimum Gasteiger partial charge on any atom is -0.469 e. The van der Waals surface area contributed by atoms with E-state index in [0.29, 0.717) is 0 Å². The quantitative estimate of drug-likeness (QED) is 0.537. The molecule has 0 bridgehead atoms. The van der Waals surface area contributed by atoms with Gasteiger partial charge in [-0.3, -0.25) is 0 Å². The van der Waals surface area contributed by atoms with Gasteiger partial charge < -0.3 is 4.42 Å². The smallest absolute Gasteiger partial charge is 0.107 e. The predicted octanol–water partition coefficient (Wildman–Crippen LogP) is 2.23. The highest BCUT2D eigenvalue weighted by Gasteiger charge is 1.91. The van der Waals surface area contributed by atoms with Crippen molar-refractivity contribution >= 4 is 6.08 Å². The molecule has 8 heavy (non-hydrogen) atoms. The Kier molecular flexibility index (Phi) is 1.20. The fourth-order valence-corrected chi connectivity index (χ4v) is 0.607. The fraction of sp³-hybridized carbons (Fsp3) is 0.143. The van der Waals surface area contributed by atoms with Gasteiger partial charge in [-0.05, 0) is 13.0 Å². The lowest BCUT2D eigenvalue weighted by atomic mass is 10.3. The fourth-order valence-electron chi connectivity index (χ4n) is 0.607. The van der Waals surface area contributed by atoms with Crippen LogP contribution in [0, 0.1) is 6.92 Å². The molecular formula is C7H8O. The molecule has 0 N–H and O–H groups in total. The first kappa shape index (κ1) is 5.16. The molecule has 1 aromatic heterocycles. The summed E-state index contributed by atoms with van der Waals surface area (Å²) in [6.45, 7) is 5.52. The highest BCUT2D eigenvalue weighted by atomic mass is 16.3. The van der Waals surface area contributed by atoms with E-state index in [4.69, 9.17) is 4.42 Å². The molecule has 0 unspecified atom stereocenters. The van der Waals surface area contributed by atoms with Gasteiger partial charge in [-0.25, -0.2) is 0 Å². The Labute approximate surface area is 48.6 Å². The van der Waals surface area contributed by atoms with Crippen LogP contribution in [0.5, 0.6) is 0 Å². The molecular weight excluding hydrogens is 100 g/mol. The van der Waals surface area contributed by atoms with Gasteiger partial charge in [0.15, 0.2) is 0 Å². The van der Waals surface area contributed by atoms with Crippen molar-refractivity contribution in [2.75, 3.05) is 0 Å². The number of hydrogen-bond acceptors (Lipinski definition) is 1. The summed E-state index contributed by atoms with van der Waals surface area (Å²) in [7, 11) is 0. The van der Waals surface area contributed by atoms with Gasteiger partial charge in [0, 0.05) is 5.56 Å². The third kappa shape index (κ3) is 0.668. The predicted molar refractivity (Wildman–Crippen MR) is 33.5 cm³/mol. The van der Waals surface area contributed by atoms with Gasteiger partial charge in [0.2, 0.25) is 0 Å². The Morgan fingerprint density at radius 2 is 2.50 bits per heavy atom. The number of hydrogen-bond donors (Lipinski definition) is 0. The molecule has 0 saturated carbocycles. The molecule has 0 saturated heterocycles. The van der Waals surface area contributed by atoms with Gasteiger partial charge in [0.1, 0.15) is 5.76 Å². The topological polar surface area (TPSA) is 13.1 Å². The summed E-state index contributed by atoms with van der Waals surface area (Å²) in [6, 6.07) is 1.89. The molecule has 0 aliphatic rings. The Bertz CT molecular complexity index is 186. The monoisotopic (exact) mass is 108 g/mol. The number of aryl methyl sites for hydroxylation is 1. The largest absolute Gasteiger partial charge is 0.469 e. The molecule has 42 valence electrons. The minimum absolute atomic E-state index is 0.931. The van der Waals surface area contributed by atoms with E-state index < -0.39 is 0 Å². The molecule has 0 radical (unpaired) electrons. The standard InChI is InChI=1S/C7H8O/c1-3-7-4-5-8-6(7)2/h3-5H,1H2,2H3. The highest BCUT2D eigenvalue weighted by molar-refractivity contribution is 5.47. The summed E-state index contributed by atoms with van der Waals surface area (Å²) in [6.07, 6.45) is 3.44. The summed E-state index contributed by atoms with van der Waals surface area (Å²) < 4.78 is 4.98. The van der Waals surface area contributed by atoms with Crippen molar-refractivity contribution in [1.82, 2.24) is 0 Å². The lowest BCUT2D eigenvalue weighted by Gasteiger charge is -1.81. The van der Waals surface area contributed by atoms with Crippen LogP contribution < -0.4 is 0 Å². The van der Waals surface area contributed by atoms with E-state index in [-0.39, 0.29) is 0 Å². The number of furan rings is 1. The van der Waals surface area contributed by atoms with E-state index in [0.717, 1.165) is 11.3 Å². The summed E-state index contributed by atoms with van der Waals surface area (Å²) in [5.41, 5.74) is 1.07. The first-order valence-electron chi connectivity index (χ1n) is 2.51. The van der Waals surface area contributed by atoms with Gasteiger partial charge in [0.05, 0.1) is 6.26 Å². The molecule has 0 atom stereocenters. The van der Waals surface area contributed by atoms with Crippen LogP contribution in [0.15, 0.2) is 23.3 Å². The van der Waals surface area contributed by atoms with Crippen LogP contribution in [0.3, 0.4) is 0 Å². The van der Waals surface area contributed by atoms with E-state index in [1.165, 1.54) is 0 Å². The van der Waals surface area contributed by atoms with Crippen LogP contribution in [-0.4, -0.2) is 0 Å². The van der Waals surface area contributed by atoms with Gasteiger partial charge in [-0.1, -0.05) is 12.7 Å². The summed E-state index contributed by atoms with van der Waals surface area (Å²) in [5, 5.41) is 0. The second-order valence-corrected chi connectivity index (χ2v) is 1.64. The Hall–Kier alpha value is -0.980. The minimum atomic E-state index is 0.931. The molecule has 1 rings (SSSR count). The number of rotatable bonds is 1. The first-order valence-corrected chi connectivity index (χ1v) is 2.51. The maximum atomic E-state index is 4.98. The molecule has 0 spiro atoms. The van der Waals surface area contributed by atoms with Gasteiger partial charge >= 0.3 is 0 Å². The molecule has 0 aromatic carbocycles. The van der Waals surface area contributed by atoms with Crippen molar-refractivity contribution in [2.24, 2.45) is 0 Å². The molecule has 1 heterocycles. The van der Waals surface area contributed by atoms with Gasteiger partial charge in [-0.15, -0.1) is 0 Å². The van der Waals surface area contributed by atoms with E-state index in [2.05, 4.69) is 6.58 Å². The zero-order valence-corrected chi connectivity index (χ0v) is 4.85. The molecule has 0 aliphatic carbocycles. The van der Waals surface area contributed by atoms with Crippen molar-refractivity contribution in [3.8, 4) is 0 Å². The third-order valence-electron chi connectivity index (χ3n) is 1.12. The van der Waals surface area contributed by atoms with E-state index >= 15 is 0 Å². The average molecular weight is 108 g/mol. The Balaban J connectivity index is 3.09. The molecule has 1 aromatic rings. The summed E-state index contributed by atoms with van der Waals surface area (Å²) in [5.74, 6) is 0.931. The second-order valence-electron chi connectivity index (χ2n) is 1.64. The zero-order chi connectivity index (χ0) is 5.98. The Morgan fingerprint density at radius 1 is 1.75 bits per heavy atom. The van der Waals surface area contributed by atoms with Crippen molar-refractivity contribution in [1.29, 1.82) is 0 Å². The van der Waals surface area contributed by atoms with Gasteiger partial charge in [0.25, 0.3) is 0 Å². The van der Waals surface area contributed by atoms with Crippen LogP contribution in [0.1, 0.15) is 11.3 Å². The lowest BCUT2D eigenvalue weighted by Crippen LogP contribution is -1.64. The maximum Gasteiger partial charge on any atom is 0.107 e. The lowest BCUT2D eigenvalue weighted by molar-refractivity contribution is 0.533. The SMILES string of the molecule is C=Cc1ccoc1C. The van der Waals surface area contributed by atoms with Crippen LogP contribution in [0.25, 0.3) is 6.08 Å². The highest BCUT2D eigenvalue weighted by Crippen LogP contribution is 2.08. The van der Waals surface area contributed by atoms with Crippen LogP contribution in [0.4, 0.5) is 0 Å². The van der Waals surface area contributed by atoms with E-state index in [1.54, 1.807) is 12.3 Å². The van der Waals surface area contributed by atoms with Crippen molar-refractivity contribution in [3.05, 3.63) is 30.2 Å². The Morgan fingerprint density at radius 3 is 2.75 bits per heavy atom. The maximum absolute atomic E-state index is 4.98. The molecule has 0 amide bonds. The van der Waals surface area contributed by atoms with E-state index in [9.17, 15) is 0 Å². The third-order valence-corrected chi connectivity index (χ3v) is 1.12. The second kappa shape index (κ2) is 1.86. The molecule has 1 nitrogen and oxygen atoms in total. The van der Waals surface area contributed by atoms with E-state index in [1.807, 2.05) is 13.0 Å². The van der Waals surface area contributed by atoms with Gasteiger partial charge in [-0.2, -0.15) is 0 Å². The van der Waals surface area contributed by atoms with Crippen LogP contribution in [0.2, 0.25) is 0 Å².